The minimum Gasteiger partial charge on any atom is -0.481 e. The predicted molar refractivity (Wildman–Crippen MR) is 103 cm³/mol. The van der Waals surface area contributed by atoms with E-state index in [-0.39, 0.29) is 12.0 Å². The second-order valence-corrected chi connectivity index (χ2v) is 8.80. The van der Waals surface area contributed by atoms with Gasteiger partial charge >= 0.3 is 11.9 Å². The van der Waals surface area contributed by atoms with Crippen molar-refractivity contribution < 1.29 is 24.2 Å². The predicted octanol–water partition coefficient (Wildman–Crippen LogP) is 4.02. The molecule has 2 N–H and O–H groups in total. The molecule has 2 aliphatic carbocycles. The van der Waals surface area contributed by atoms with E-state index in [0.29, 0.717) is 23.4 Å². The number of ether oxygens (including phenoxy) is 1. The van der Waals surface area contributed by atoms with Gasteiger partial charge in [0, 0.05) is 4.88 Å². The highest BCUT2D eigenvalue weighted by Gasteiger charge is 2.37. The normalized spacial score (nSPS) is 22.2. The lowest BCUT2D eigenvalue weighted by atomic mass is 9.78. The molecule has 1 fully saturated rings. The summed E-state index contributed by atoms with van der Waals surface area (Å²) in [5.74, 6) is -2.82. The van der Waals surface area contributed by atoms with Crippen molar-refractivity contribution >= 4 is 34.2 Å². The fourth-order valence-corrected chi connectivity index (χ4v) is 5.37. The molecule has 0 aliphatic heterocycles. The third-order valence-electron chi connectivity index (χ3n) is 5.37. The van der Waals surface area contributed by atoms with Crippen LogP contribution in [0.15, 0.2) is 0 Å². The number of carbonyl (C=O) groups is 3. The largest absolute Gasteiger partial charge is 0.481 e. The van der Waals surface area contributed by atoms with Crippen LogP contribution in [-0.4, -0.2) is 29.1 Å². The number of nitrogens with one attached hydrogen (secondary N) is 1. The van der Waals surface area contributed by atoms with Crippen LogP contribution < -0.4 is 5.32 Å². The Labute approximate surface area is 163 Å². The molecule has 2 unspecified atom stereocenters. The maximum atomic E-state index is 12.9. The first-order chi connectivity index (χ1) is 12.9. The molecule has 27 heavy (non-hydrogen) atoms. The number of aryl methyl sites for hydroxylation is 1. The summed E-state index contributed by atoms with van der Waals surface area (Å²) in [6, 6.07) is 0. The minimum atomic E-state index is -0.917. The summed E-state index contributed by atoms with van der Waals surface area (Å²) in [5.41, 5.74) is 1.46. The molecular formula is C20H27NO5S. The Balaban J connectivity index is 1.87. The van der Waals surface area contributed by atoms with Crippen molar-refractivity contribution in [3.05, 3.63) is 16.0 Å². The zero-order valence-electron chi connectivity index (χ0n) is 15.9. The van der Waals surface area contributed by atoms with Crippen molar-refractivity contribution in [2.45, 2.75) is 71.3 Å². The van der Waals surface area contributed by atoms with Crippen LogP contribution in [0, 0.1) is 11.8 Å². The molecule has 2 atom stereocenters. The summed E-state index contributed by atoms with van der Waals surface area (Å²) in [7, 11) is 0. The molecule has 6 nitrogen and oxygen atoms in total. The fourth-order valence-electron chi connectivity index (χ4n) is 4.09. The van der Waals surface area contributed by atoms with Crippen molar-refractivity contribution in [3.8, 4) is 0 Å². The first-order valence-corrected chi connectivity index (χ1v) is 10.6. The van der Waals surface area contributed by atoms with E-state index in [0.717, 1.165) is 49.0 Å². The van der Waals surface area contributed by atoms with Crippen LogP contribution in [-0.2, 0) is 27.2 Å². The Morgan fingerprint density at radius 1 is 1.07 bits per heavy atom. The number of hydrogen-bond acceptors (Lipinski definition) is 5. The van der Waals surface area contributed by atoms with Gasteiger partial charge in [0.1, 0.15) is 5.00 Å². The van der Waals surface area contributed by atoms with Gasteiger partial charge in [-0.05, 0) is 57.9 Å². The topological polar surface area (TPSA) is 92.7 Å². The van der Waals surface area contributed by atoms with E-state index in [1.807, 2.05) is 0 Å². The van der Waals surface area contributed by atoms with Crippen LogP contribution in [0.2, 0.25) is 0 Å². The molecule has 3 rings (SSSR count). The van der Waals surface area contributed by atoms with Crippen LogP contribution in [0.4, 0.5) is 5.00 Å². The van der Waals surface area contributed by atoms with Gasteiger partial charge in [0.05, 0.1) is 23.5 Å². The first-order valence-electron chi connectivity index (χ1n) is 9.77. The summed E-state index contributed by atoms with van der Waals surface area (Å²) in [6.07, 6.45) is 6.34. The molecule has 0 spiro atoms. The number of fused-ring (bicyclic) bond motifs is 1. The molecule has 0 radical (unpaired) electrons. The average Bonchev–Trinajstić information content (AvgIpc) is 2.98. The van der Waals surface area contributed by atoms with Gasteiger partial charge in [-0.25, -0.2) is 4.79 Å². The Morgan fingerprint density at radius 2 is 1.74 bits per heavy atom. The van der Waals surface area contributed by atoms with Gasteiger partial charge in [0.25, 0.3) is 0 Å². The zero-order valence-corrected chi connectivity index (χ0v) is 16.7. The van der Waals surface area contributed by atoms with Crippen molar-refractivity contribution in [2.24, 2.45) is 11.8 Å². The van der Waals surface area contributed by atoms with E-state index in [2.05, 4.69) is 5.32 Å². The van der Waals surface area contributed by atoms with Gasteiger partial charge in [-0.2, -0.15) is 0 Å². The Bertz CT molecular complexity index is 739. The molecule has 2 aliphatic rings. The average molecular weight is 394 g/mol. The van der Waals surface area contributed by atoms with Crippen molar-refractivity contribution in [3.63, 3.8) is 0 Å². The van der Waals surface area contributed by atoms with E-state index in [9.17, 15) is 19.5 Å². The van der Waals surface area contributed by atoms with Crippen LogP contribution in [0.25, 0.3) is 0 Å². The number of carboxylic acids is 1. The monoisotopic (exact) mass is 393 g/mol. The molecule has 0 saturated heterocycles. The lowest BCUT2D eigenvalue weighted by Gasteiger charge is -2.27. The smallest absolute Gasteiger partial charge is 0.341 e. The molecule has 1 aromatic rings. The summed E-state index contributed by atoms with van der Waals surface area (Å²) in [5, 5.41) is 12.9. The molecular weight excluding hydrogens is 366 g/mol. The molecule has 0 aromatic carbocycles. The molecule has 0 bridgehead atoms. The van der Waals surface area contributed by atoms with Gasteiger partial charge in [0.2, 0.25) is 5.91 Å². The highest BCUT2D eigenvalue weighted by Crippen LogP contribution is 2.40. The standard InChI is InChI=1S/C20H27NO5S/c1-11(2)26-20(25)16-14-9-5-6-10-15(14)27-18(16)21-17(22)12-7-3-4-8-13(12)19(23)24/h11-13H,3-10H2,1-2H3,(H,21,22)(H,23,24). The first kappa shape index (κ1) is 19.9. The van der Waals surface area contributed by atoms with E-state index in [1.165, 1.54) is 11.3 Å². The van der Waals surface area contributed by atoms with Crippen LogP contribution in [0.5, 0.6) is 0 Å². The maximum absolute atomic E-state index is 12.9. The van der Waals surface area contributed by atoms with Gasteiger partial charge in [-0.15, -0.1) is 11.3 Å². The summed E-state index contributed by atoms with van der Waals surface area (Å²) in [6.45, 7) is 3.60. The Kier molecular flexibility index (Phi) is 6.19. The van der Waals surface area contributed by atoms with Crippen LogP contribution in [0.3, 0.4) is 0 Å². The molecule has 1 heterocycles. The highest BCUT2D eigenvalue weighted by atomic mass is 32.1. The summed E-state index contributed by atoms with van der Waals surface area (Å²) in [4.78, 5) is 38.2. The van der Waals surface area contributed by atoms with E-state index >= 15 is 0 Å². The second-order valence-electron chi connectivity index (χ2n) is 7.69. The summed E-state index contributed by atoms with van der Waals surface area (Å²) >= 11 is 1.44. The lowest BCUT2D eigenvalue weighted by Crippen LogP contribution is -2.36. The van der Waals surface area contributed by atoms with Crippen LogP contribution >= 0.6 is 11.3 Å². The fraction of sp³-hybridized carbons (Fsp3) is 0.650. The number of esters is 1. The number of amides is 1. The maximum Gasteiger partial charge on any atom is 0.341 e. The quantitative estimate of drug-likeness (QED) is 0.737. The highest BCUT2D eigenvalue weighted by molar-refractivity contribution is 7.17. The van der Waals surface area contributed by atoms with E-state index < -0.39 is 23.8 Å². The number of carboxylic acid groups (broad SMARTS) is 1. The lowest BCUT2D eigenvalue weighted by molar-refractivity contribution is -0.147. The number of anilines is 1. The number of aliphatic carboxylic acids is 1. The Hall–Kier alpha value is -1.89. The minimum absolute atomic E-state index is 0.241. The molecule has 1 saturated carbocycles. The van der Waals surface area contributed by atoms with Crippen molar-refractivity contribution in [1.82, 2.24) is 0 Å². The third-order valence-corrected chi connectivity index (χ3v) is 6.58. The number of rotatable bonds is 5. The number of carbonyl (C=O) groups excluding carboxylic acids is 2. The van der Waals surface area contributed by atoms with Crippen LogP contribution in [0.1, 0.15) is 73.2 Å². The number of hydrogen-bond donors (Lipinski definition) is 2. The van der Waals surface area contributed by atoms with Gasteiger partial charge in [0.15, 0.2) is 0 Å². The van der Waals surface area contributed by atoms with Gasteiger partial charge in [-0.3, -0.25) is 9.59 Å². The SMILES string of the molecule is CC(C)OC(=O)c1c(NC(=O)C2CCCCC2C(=O)O)sc2c1CCCC2. The van der Waals surface area contributed by atoms with Crippen molar-refractivity contribution in [1.29, 1.82) is 0 Å². The third kappa shape index (κ3) is 4.34. The molecule has 1 aromatic heterocycles. The summed E-state index contributed by atoms with van der Waals surface area (Å²) < 4.78 is 5.41. The van der Waals surface area contributed by atoms with E-state index in [4.69, 9.17) is 4.74 Å². The second kappa shape index (κ2) is 8.42. The molecule has 148 valence electrons. The Morgan fingerprint density at radius 3 is 2.41 bits per heavy atom. The number of thiophene rings is 1. The van der Waals surface area contributed by atoms with E-state index in [1.54, 1.807) is 13.8 Å². The van der Waals surface area contributed by atoms with Gasteiger partial charge in [-0.1, -0.05) is 12.8 Å². The molecule has 1 amide bonds. The van der Waals surface area contributed by atoms with Crippen molar-refractivity contribution in [2.75, 3.05) is 5.32 Å². The molecule has 7 heteroatoms. The zero-order chi connectivity index (χ0) is 19.6. The van der Waals surface area contributed by atoms with Gasteiger partial charge < -0.3 is 15.2 Å².